The molecular formula is C16H22FNO3. The summed E-state index contributed by atoms with van der Waals surface area (Å²) in [6.07, 6.45) is 2.10. The topological polar surface area (TPSA) is 58.6 Å². The Labute approximate surface area is 124 Å². The molecule has 21 heavy (non-hydrogen) atoms. The van der Waals surface area contributed by atoms with E-state index >= 15 is 0 Å². The minimum Gasteiger partial charge on any atom is -0.490 e. The minimum atomic E-state index is -1.01. The number of rotatable bonds is 7. The average molecular weight is 295 g/mol. The summed E-state index contributed by atoms with van der Waals surface area (Å²) in [5.41, 5.74) is -0.303. The third-order valence-electron chi connectivity index (χ3n) is 3.73. The van der Waals surface area contributed by atoms with Crippen molar-refractivity contribution in [1.29, 1.82) is 0 Å². The molecule has 116 valence electrons. The van der Waals surface area contributed by atoms with E-state index in [4.69, 9.17) is 4.74 Å². The second kappa shape index (κ2) is 6.02. The van der Waals surface area contributed by atoms with E-state index in [9.17, 15) is 14.3 Å². The van der Waals surface area contributed by atoms with E-state index in [2.05, 4.69) is 5.32 Å². The smallest absolute Gasteiger partial charge is 0.323 e. The van der Waals surface area contributed by atoms with E-state index in [1.807, 2.05) is 6.92 Å². The first-order valence-electron chi connectivity index (χ1n) is 7.24. The first-order chi connectivity index (χ1) is 9.80. The Bertz CT molecular complexity index is 530. The molecule has 1 aromatic rings. The van der Waals surface area contributed by atoms with Gasteiger partial charge < -0.3 is 9.84 Å². The molecule has 0 bridgehead atoms. The number of benzene rings is 1. The quantitative estimate of drug-likeness (QED) is 0.812. The van der Waals surface area contributed by atoms with E-state index in [0.29, 0.717) is 23.8 Å². The van der Waals surface area contributed by atoms with Gasteiger partial charge in [0.05, 0.1) is 6.10 Å². The van der Waals surface area contributed by atoms with Crippen molar-refractivity contribution in [3.63, 3.8) is 0 Å². The number of carboxylic acids is 1. The molecule has 1 aliphatic rings. The minimum absolute atomic E-state index is 0.290. The lowest BCUT2D eigenvalue weighted by Gasteiger charge is -2.29. The lowest BCUT2D eigenvalue weighted by atomic mass is 9.94. The van der Waals surface area contributed by atoms with Gasteiger partial charge in [-0.15, -0.1) is 0 Å². The summed E-state index contributed by atoms with van der Waals surface area (Å²) >= 11 is 0. The SMILES string of the molecule is Cc1cc(F)ccc1OC(C)CC(C)(NC1CC1)C(=O)O. The summed E-state index contributed by atoms with van der Waals surface area (Å²) in [7, 11) is 0. The van der Waals surface area contributed by atoms with Crippen LogP contribution in [-0.2, 0) is 4.79 Å². The zero-order valence-corrected chi connectivity index (χ0v) is 12.6. The van der Waals surface area contributed by atoms with E-state index in [-0.39, 0.29) is 11.9 Å². The third kappa shape index (κ3) is 4.17. The summed E-state index contributed by atoms with van der Waals surface area (Å²) in [5, 5.41) is 12.6. The predicted molar refractivity (Wildman–Crippen MR) is 78.0 cm³/mol. The number of halogens is 1. The molecule has 2 unspecified atom stereocenters. The average Bonchev–Trinajstić information content (AvgIpc) is 3.16. The highest BCUT2D eigenvalue weighted by molar-refractivity contribution is 5.78. The Morgan fingerprint density at radius 2 is 2.24 bits per heavy atom. The van der Waals surface area contributed by atoms with Crippen molar-refractivity contribution >= 4 is 5.97 Å². The van der Waals surface area contributed by atoms with Crippen molar-refractivity contribution in [3.05, 3.63) is 29.6 Å². The molecule has 0 amide bonds. The molecule has 1 aromatic carbocycles. The third-order valence-corrected chi connectivity index (χ3v) is 3.73. The van der Waals surface area contributed by atoms with Crippen molar-refractivity contribution in [2.75, 3.05) is 0 Å². The van der Waals surface area contributed by atoms with Gasteiger partial charge in [0, 0.05) is 12.5 Å². The molecule has 0 heterocycles. The number of nitrogens with one attached hydrogen (secondary N) is 1. The van der Waals surface area contributed by atoms with Crippen LogP contribution < -0.4 is 10.1 Å². The number of carboxylic acid groups (broad SMARTS) is 1. The molecule has 5 heteroatoms. The Hall–Kier alpha value is -1.62. The zero-order valence-electron chi connectivity index (χ0n) is 12.6. The van der Waals surface area contributed by atoms with Crippen molar-refractivity contribution in [3.8, 4) is 5.75 Å². The molecule has 1 fully saturated rings. The van der Waals surface area contributed by atoms with Gasteiger partial charge in [0.1, 0.15) is 17.1 Å². The first kappa shape index (κ1) is 15.8. The van der Waals surface area contributed by atoms with Crippen LogP contribution in [-0.4, -0.2) is 28.8 Å². The van der Waals surface area contributed by atoms with Crippen LogP contribution >= 0.6 is 0 Å². The Morgan fingerprint density at radius 1 is 1.57 bits per heavy atom. The summed E-state index contributed by atoms with van der Waals surface area (Å²) in [6.45, 7) is 5.29. The highest BCUT2D eigenvalue weighted by atomic mass is 19.1. The van der Waals surface area contributed by atoms with Crippen molar-refractivity contribution < 1.29 is 19.0 Å². The monoisotopic (exact) mass is 295 g/mol. The van der Waals surface area contributed by atoms with Crippen LogP contribution in [0.3, 0.4) is 0 Å². The van der Waals surface area contributed by atoms with Gasteiger partial charge >= 0.3 is 5.97 Å². The molecule has 2 rings (SSSR count). The maximum atomic E-state index is 13.1. The van der Waals surface area contributed by atoms with Crippen LogP contribution in [0.1, 0.15) is 38.7 Å². The molecule has 1 saturated carbocycles. The second-order valence-electron chi connectivity index (χ2n) is 6.10. The van der Waals surface area contributed by atoms with Crippen molar-refractivity contribution in [2.45, 2.75) is 57.7 Å². The van der Waals surface area contributed by atoms with Crippen LogP contribution in [0, 0.1) is 12.7 Å². The predicted octanol–water partition coefficient (Wildman–Crippen LogP) is 2.89. The van der Waals surface area contributed by atoms with Crippen LogP contribution in [0.15, 0.2) is 18.2 Å². The van der Waals surface area contributed by atoms with Crippen molar-refractivity contribution in [1.82, 2.24) is 5.32 Å². The van der Waals surface area contributed by atoms with E-state index in [0.717, 1.165) is 12.8 Å². The van der Waals surface area contributed by atoms with Gasteiger partial charge in [0.25, 0.3) is 0 Å². The Morgan fingerprint density at radius 3 is 2.76 bits per heavy atom. The first-order valence-corrected chi connectivity index (χ1v) is 7.24. The highest BCUT2D eigenvalue weighted by Crippen LogP contribution is 2.27. The lowest BCUT2D eigenvalue weighted by Crippen LogP contribution is -2.52. The number of carbonyl (C=O) groups is 1. The molecule has 1 aliphatic carbocycles. The normalized spacial score (nSPS) is 18.9. The van der Waals surface area contributed by atoms with E-state index in [1.54, 1.807) is 19.9 Å². The fraction of sp³-hybridized carbons (Fsp3) is 0.562. The standard InChI is InChI=1S/C16H22FNO3/c1-10-8-12(17)4-7-14(10)21-11(2)9-16(3,15(19)20)18-13-5-6-13/h4,7-8,11,13,18H,5-6,9H2,1-3H3,(H,19,20). The van der Waals surface area contributed by atoms with Crippen LogP contribution in [0.25, 0.3) is 0 Å². The number of hydrogen-bond donors (Lipinski definition) is 2. The number of ether oxygens (including phenoxy) is 1. The number of aryl methyl sites for hydroxylation is 1. The van der Waals surface area contributed by atoms with Gasteiger partial charge in [-0.25, -0.2) is 4.39 Å². The maximum absolute atomic E-state index is 13.1. The fourth-order valence-electron chi connectivity index (χ4n) is 2.46. The number of hydrogen-bond acceptors (Lipinski definition) is 3. The summed E-state index contributed by atoms with van der Waals surface area (Å²) in [6, 6.07) is 4.62. The lowest BCUT2D eigenvalue weighted by molar-refractivity contribution is -0.145. The van der Waals surface area contributed by atoms with Gasteiger partial charge in [-0.05, 0) is 57.4 Å². The molecule has 0 aliphatic heterocycles. The second-order valence-corrected chi connectivity index (χ2v) is 6.10. The molecule has 4 nitrogen and oxygen atoms in total. The van der Waals surface area contributed by atoms with Crippen LogP contribution in [0.2, 0.25) is 0 Å². The number of aliphatic carboxylic acids is 1. The molecule has 0 saturated heterocycles. The molecule has 2 N–H and O–H groups in total. The molecule has 0 radical (unpaired) electrons. The zero-order chi connectivity index (χ0) is 15.6. The molecule has 0 aromatic heterocycles. The van der Waals surface area contributed by atoms with Gasteiger partial charge in [0.15, 0.2) is 0 Å². The summed E-state index contributed by atoms with van der Waals surface area (Å²) < 4.78 is 18.8. The highest BCUT2D eigenvalue weighted by Gasteiger charge is 2.40. The van der Waals surface area contributed by atoms with E-state index < -0.39 is 11.5 Å². The van der Waals surface area contributed by atoms with Gasteiger partial charge in [-0.2, -0.15) is 0 Å². The van der Waals surface area contributed by atoms with Gasteiger partial charge in [-0.3, -0.25) is 10.1 Å². The molecule has 2 atom stereocenters. The fourth-order valence-corrected chi connectivity index (χ4v) is 2.46. The van der Waals surface area contributed by atoms with Crippen LogP contribution in [0.5, 0.6) is 5.75 Å². The summed E-state index contributed by atoms with van der Waals surface area (Å²) in [4.78, 5) is 11.5. The van der Waals surface area contributed by atoms with Crippen LogP contribution in [0.4, 0.5) is 4.39 Å². The van der Waals surface area contributed by atoms with E-state index in [1.165, 1.54) is 12.1 Å². The Kier molecular flexibility index (Phi) is 4.52. The van der Waals surface area contributed by atoms with Gasteiger partial charge in [-0.1, -0.05) is 0 Å². The van der Waals surface area contributed by atoms with Gasteiger partial charge in [0.2, 0.25) is 0 Å². The summed E-state index contributed by atoms with van der Waals surface area (Å²) in [5.74, 6) is -0.595. The molecular weight excluding hydrogens is 273 g/mol. The largest absolute Gasteiger partial charge is 0.490 e. The maximum Gasteiger partial charge on any atom is 0.323 e. The Balaban J connectivity index is 2.01. The molecule has 0 spiro atoms. The van der Waals surface area contributed by atoms with Crippen molar-refractivity contribution in [2.24, 2.45) is 0 Å².